The first kappa shape index (κ1) is 15.7. The molecule has 0 spiro atoms. The summed E-state index contributed by atoms with van der Waals surface area (Å²) in [5.74, 6) is 0.645. The number of carbonyl (C=O) groups excluding carboxylic acids is 1. The lowest BCUT2D eigenvalue weighted by Crippen LogP contribution is -2.39. The van der Waals surface area contributed by atoms with Crippen molar-refractivity contribution in [3.05, 3.63) is 41.2 Å². The summed E-state index contributed by atoms with van der Waals surface area (Å²) in [5.41, 5.74) is 1.53. The van der Waals surface area contributed by atoms with Crippen molar-refractivity contribution in [3.8, 4) is 11.5 Å². The maximum Gasteiger partial charge on any atom is 0.228 e. The second kappa shape index (κ2) is 6.57. The van der Waals surface area contributed by atoms with Crippen LogP contribution in [0.3, 0.4) is 0 Å². The molecule has 2 fully saturated rings. The van der Waals surface area contributed by atoms with Gasteiger partial charge < -0.3 is 14.6 Å². The molecule has 24 heavy (non-hydrogen) atoms. The highest BCUT2D eigenvalue weighted by atomic mass is 35.5. The predicted molar refractivity (Wildman–Crippen MR) is 91.8 cm³/mol. The van der Waals surface area contributed by atoms with Gasteiger partial charge in [-0.1, -0.05) is 11.6 Å². The molecule has 1 amide bonds. The van der Waals surface area contributed by atoms with Crippen molar-refractivity contribution in [3.63, 3.8) is 0 Å². The molecule has 1 aromatic heterocycles. The van der Waals surface area contributed by atoms with Gasteiger partial charge in [0.05, 0.1) is 12.1 Å². The SMILES string of the molecule is O=C(Cc1coc(-c2ccc(Cl)cc2)n1)N1CCC2CCC(C1)N2. The fourth-order valence-corrected chi connectivity index (χ4v) is 3.68. The molecular weight excluding hydrogens is 326 g/mol. The molecule has 4 rings (SSSR count). The minimum absolute atomic E-state index is 0.125. The van der Waals surface area contributed by atoms with Crippen LogP contribution in [0.15, 0.2) is 34.9 Å². The van der Waals surface area contributed by atoms with Crippen LogP contribution < -0.4 is 5.32 Å². The summed E-state index contributed by atoms with van der Waals surface area (Å²) < 4.78 is 5.52. The van der Waals surface area contributed by atoms with E-state index in [-0.39, 0.29) is 12.3 Å². The van der Waals surface area contributed by atoms with E-state index in [0.717, 1.165) is 25.1 Å². The van der Waals surface area contributed by atoms with Crippen molar-refractivity contribution in [2.45, 2.75) is 37.8 Å². The van der Waals surface area contributed by atoms with E-state index in [0.29, 0.717) is 28.7 Å². The van der Waals surface area contributed by atoms with Crippen LogP contribution in [-0.4, -0.2) is 41.0 Å². The van der Waals surface area contributed by atoms with Crippen LogP contribution in [0.4, 0.5) is 0 Å². The number of aromatic nitrogens is 1. The molecule has 1 aromatic carbocycles. The first-order chi connectivity index (χ1) is 11.7. The van der Waals surface area contributed by atoms with E-state index in [4.69, 9.17) is 16.0 Å². The van der Waals surface area contributed by atoms with Crippen LogP contribution in [0, 0.1) is 0 Å². The maximum absolute atomic E-state index is 12.6. The van der Waals surface area contributed by atoms with Crippen molar-refractivity contribution >= 4 is 17.5 Å². The highest BCUT2D eigenvalue weighted by Crippen LogP contribution is 2.23. The number of amides is 1. The Morgan fingerprint density at radius 3 is 2.88 bits per heavy atom. The summed E-state index contributed by atoms with van der Waals surface area (Å²) in [6.45, 7) is 1.63. The molecule has 2 aromatic rings. The van der Waals surface area contributed by atoms with Crippen molar-refractivity contribution in [2.75, 3.05) is 13.1 Å². The molecule has 2 bridgehead atoms. The summed E-state index contributed by atoms with van der Waals surface area (Å²) >= 11 is 5.89. The van der Waals surface area contributed by atoms with Gasteiger partial charge in [-0.15, -0.1) is 0 Å². The summed E-state index contributed by atoms with van der Waals surface area (Å²) in [6.07, 6.45) is 5.30. The molecule has 126 valence electrons. The summed E-state index contributed by atoms with van der Waals surface area (Å²) in [6, 6.07) is 8.34. The van der Waals surface area contributed by atoms with Gasteiger partial charge in [0, 0.05) is 35.8 Å². The second-order valence-corrected chi connectivity index (χ2v) is 7.03. The number of carbonyl (C=O) groups is 1. The number of benzene rings is 1. The number of likely N-dealkylation sites (tertiary alicyclic amines) is 1. The van der Waals surface area contributed by atoms with Crippen LogP contribution in [0.5, 0.6) is 0 Å². The van der Waals surface area contributed by atoms with E-state index < -0.39 is 0 Å². The zero-order chi connectivity index (χ0) is 16.5. The standard InChI is InChI=1S/C18H20ClN3O2/c19-13-3-1-12(2-4-13)18-21-16(11-24-18)9-17(23)22-8-7-14-5-6-15(10-22)20-14/h1-4,11,14-15,20H,5-10H2. The average Bonchev–Trinajstić information content (AvgIpc) is 3.14. The molecule has 1 N–H and O–H groups in total. The summed E-state index contributed by atoms with van der Waals surface area (Å²) in [4.78, 5) is 19.0. The van der Waals surface area contributed by atoms with Gasteiger partial charge in [0.2, 0.25) is 11.8 Å². The zero-order valence-electron chi connectivity index (χ0n) is 13.4. The highest BCUT2D eigenvalue weighted by Gasteiger charge is 2.31. The van der Waals surface area contributed by atoms with E-state index >= 15 is 0 Å². The molecule has 0 radical (unpaired) electrons. The molecule has 2 aliphatic heterocycles. The van der Waals surface area contributed by atoms with Crippen LogP contribution in [-0.2, 0) is 11.2 Å². The number of halogens is 1. The molecule has 3 heterocycles. The number of hydrogen-bond donors (Lipinski definition) is 1. The van der Waals surface area contributed by atoms with E-state index in [9.17, 15) is 4.79 Å². The molecular formula is C18H20ClN3O2. The Balaban J connectivity index is 1.42. The molecule has 0 saturated carbocycles. The number of oxazole rings is 1. The van der Waals surface area contributed by atoms with E-state index in [1.807, 2.05) is 17.0 Å². The van der Waals surface area contributed by atoms with E-state index in [1.54, 1.807) is 18.4 Å². The maximum atomic E-state index is 12.6. The normalized spacial score (nSPS) is 23.3. The monoisotopic (exact) mass is 345 g/mol. The topological polar surface area (TPSA) is 58.4 Å². The van der Waals surface area contributed by atoms with Crippen molar-refractivity contribution in [1.29, 1.82) is 0 Å². The van der Waals surface area contributed by atoms with Crippen molar-refractivity contribution in [2.24, 2.45) is 0 Å². The Labute approximate surface area is 146 Å². The smallest absolute Gasteiger partial charge is 0.228 e. The van der Waals surface area contributed by atoms with Gasteiger partial charge in [-0.05, 0) is 43.5 Å². The lowest BCUT2D eigenvalue weighted by Gasteiger charge is -2.23. The van der Waals surface area contributed by atoms with Crippen LogP contribution in [0.25, 0.3) is 11.5 Å². The second-order valence-electron chi connectivity index (χ2n) is 6.59. The predicted octanol–water partition coefficient (Wildman–Crippen LogP) is 2.89. The molecule has 2 saturated heterocycles. The lowest BCUT2D eigenvalue weighted by molar-refractivity contribution is -0.130. The van der Waals surface area contributed by atoms with Gasteiger partial charge in [-0.25, -0.2) is 4.98 Å². The van der Waals surface area contributed by atoms with Gasteiger partial charge in [0.25, 0.3) is 0 Å². The van der Waals surface area contributed by atoms with Crippen LogP contribution in [0.2, 0.25) is 5.02 Å². The largest absolute Gasteiger partial charge is 0.444 e. The average molecular weight is 346 g/mol. The van der Waals surface area contributed by atoms with Crippen LogP contribution >= 0.6 is 11.6 Å². The Morgan fingerprint density at radius 2 is 2.04 bits per heavy atom. The van der Waals surface area contributed by atoms with E-state index in [2.05, 4.69) is 10.3 Å². The van der Waals surface area contributed by atoms with Crippen molar-refractivity contribution in [1.82, 2.24) is 15.2 Å². The minimum Gasteiger partial charge on any atom is -0.444 e. The fourth-order valence-electron chi connectivity index (χ4n) is 3.55. The first-order valence-electron chi connectivity index (χ1n) is 8.41. The Morgan fingerprint density at radius 1 is 1.25 bits per heavy atom. The number of rotatable bonds is 3. The molecule has 2 aliphatic rings. The van der Waals surface area contributed by atoms with Gasteiger partial charge in [0.1, 0.15) is 6.26 Å². The van der Waals surface area contributed by atoms with Gasteiger partial charge in [0.15, 0.2) is 0 Å². The minimum atomic E-state index is 0.125. The molecule has 0 aliphatic carbocycles. The number of fused-ring (bicyclic) bond motifs is 2. The first-order valence-corrected chi connectivity index (χ1v) is 8.79. The third-order valence-corrected chi connectivity index (χ3v) is 5.10. The quantitative estimate of drug-likeness (QED) is 0.929. The van der Waals surface area contributed by atoms with E-state index in [1.165, 1.54) is 12.8 Å². The third kappa shape index (κ3) is 3.32. The van der Waals surface area contributed by atoms with Crippen LogP contribution in [0.1, 0.15) is 25.0 Å². The highest BCUT2D eigenvalue weighted by molar-refractivity contribution is 6.30. The number of nitrogens with one attached hydrogen (secondary N) is 1. The Kier molecular flexibility index (Phi) is 4.29. The Bertz CT molecular complexity index is 728. The fraction of sp³-hybridized carbons (Fsp3) is 0.444. The third-order valence-electron chi connectivity index (χ3n) is 4.85. The molecule has 2 unspecified atom stereocenters. The Hall–Kier alpha value is -1.85. The number of hydrogen-bond acceptors (Lipinski definition) is 4. The summed E-state index contributed by atoms with van der Waals surface area (Å²) in [7, 11) is 0. The number of nitrogens with zero attached hydrogens (tertiary/aromatic N) is 2. The lowest BCUT2D eigenvalue weighted by atomic mass is 10.1. The van der Waals surface area contributed by atoms with Crippen molar-refractivity contribution < 1.29 is 9.21 Å². The zero-order valence-corrected chi connectivity index (χ0v) is 14.1. The van der Waals surface area contributed by atoms with Gasteiger partial charge in [-0.3, -0.25) is 4.79 Å². The van der Waals surface area contributed by atoms with Gasteiger partial charge in [-0.2, -0.15) is 0 Å². The van der Waals surface area contributed by atoms with Gasteiger partial charge >= 0.3 is 0 Å². The molecule has 6 heteroatoms. The molecule has 5 nitrogen and oxygen atoms in total. The summed E-state index contributed by atoms with van der Waals surface area (Å²) in [5, 5.41) is 4.26. The molecule has 2 atom stereocenters.